The summed E-state index contributed by atoms with van der Waals surface area (Å²) in [5, 5.41) is 0. The molecule has 2 fully saturated rings. The van der Waals surface area contributed by atoms with E-state index in [0.29, 0.717) is 11.3 Å². The topological polar surface area (TPSA) is 54.5 Å². The Morgan fingerprint density at radius 3 is 1.68 bits per heavy atom. The Bertz CT molecular complexity index is 1310. The summed E-state index contributed by atoms with van der Waals surface area (Å²) in [6.45, 7) is 1.48. The zero-order valence-electron chi connectivity index (χ0n) is 18.7. The van der Waals surface area contributed by atoms with Crippen LogP contribution in [0.25, 0.3) is 5.57 Å². The number of hydrogen-bond donors (Lipinski definition) is 0. The lowest BCUT2D eigenvalue weighted by Gasteiger charge is -2.22. The van der Waals surface area contributed by atoms with Gasteiger partial charge in [0, 0.05) is 17.4 Å². The summed E-state index contributed by atoms with van der Waals surface area (Å²) in [5.74, 6) is -1.52. The summed E-state index contributed by atoms with van der Waals surface area (Å²) in [6, 6.07) is 27.2. The zero-order valence-corrected chi connectivity index (χ0v) is 18.7. The predicted molar refractivity (Wildman–Crippen MR) is 131 cm³/mol. The minimum Gasteiger partial charge on any atom is -0.295 e. The minimum atomic E-state index is -0.416. The lowest BCUT2D eigenvalue weighted by atomic mass is 9.85. The third kappa shape index (κ3) is 2.95. The number of allylic oxidation sites excluding steroid dienone is 3. The molecule has 2 amide bonds. The number of benzene rings is 3. The van der Waals surface area contributed by atoms with Crippen molar-refractivity contribution in [1.29, 1.82) is 0 Å². The minimum absolute atomic E-state index is 0.0940. The van der Waals surface area contributed by atoms with Crippen molar-refractivity contribution in [2.24, 2.45) is 23.7 Å². The molecule has 2 aliphatic carbocycles. The molecule has 1 saturated heterocycles. The number of carbonyl (C=O) groups is 3. The van der Waals surface area contributed by atoms with Gasteiger partial charge in [-0.3, -0.25) is 14.4 Å². The lowest BCUT2D eigenvalue weighted by Crippen LogP contribution is -2.33. The Morgan fingerprint density at radius 1 is 0.676 bits per heavy atom. The van der Waals surface area contributed by atoms with Crippen LogP contribution in [0.3, 0.4) is 0 Å². The molecule has 0 aromatic heterocycles. The van der Waals surface area contributed by atoms with Gasteiger partial charge >= 0.3 is 0 Å². The van der Waals surface area contributed by atoms with Gasteiger partial charge in [0.25, 0.3) is 0 Å². The molecule has 0 radical (unpaired) electrons. The number of fused-ring (bicyclic) bond motifs is 5. The summed E-state index contributed by atoms with van der Waals surface area (Å²) in [5.41, 5.74) is 5.43. The highest BCUT2D eigenvalue weighted by atomic mass is 16.2. The molecule has 4 nitrogen and oxygen atoms in total. The van der Waals surface area contributed by atoms with Crippen molar-refractivity contribution >= 4 is 28.9 Å². The molecular formula is C30H23NO3. The first-order chi connectivity index (χ1) is 16.6. The molecular weight excluding hydrogens is 422 g/mol. The number of ketones is 1. The second-order valence-electron chi connectivity index (χ2n) is 9.17. The third-order valence-electron chi connectivity index (χ3n) is 7.34. The summed E-state index contributed by atoms with van der Waals surface area (Å²) in [6.07, 6.45) is 4.21. The van der Waals surface area contributed by atoms with E-state index in [1.807, 2.05) is 36.4 Å². The molecule has 4 heteroatoms. The molecule has 1 heterocycles. The van der Waals surface area contributed by atoms with Crippen LogP contribution in [0.5, 0.6) is 0 Å². The van der Waals surface area contributed by atoms with Crippen LogP contribution in [0.4, 0.5) is 5.69 Å². The summed E-state index contributed by atoms with van der Waals surface area (Å²) in [4.78, 5) is 40.5. The van der Waals surface area contributed by atoms with Crippen LogP contribution in [-0.4, -0.2) is 17.6 Å². The highest BCUT2D eigenvalue weighted by molar-refractivity contribution is 6.23. The molecule has 166 valence electrons. The number of rotatable bonds is 4. The fourth-order valence-corrected chi connectivity index (χ4v) is 5.92. The van der Waals surface area contributed by atoms with Gasteiger partial charge in [0.15, 0.2) is 5.78 Å². The predicted octanol–water partition coefficient (Wildman–Crippen LogP) is 5.31. The van der Waals surface area contributed by atoms with E-state index >= 15 is 0 Å². The second-order valence-corrected chi connectivity index (χ2v) is 9.17. The molecule has 0 N–H and O–H groups in total. The van der Waals surface area contributed by atoms with Crippen molar-refractivity contribution in [2.75, 3.05) is 4.90 Å². The first kappa shape index (κ1) is 20.5. The number of imide groups is 1. The van der Waals surface area contributed by atoms with Gasteiger partial charge in [-0.25, -0.2) is 4.90 Å². The third-order valence-corrected chi connectivity index (χ3v) is 7.34. The number of nitrogens with zero attached hydrogens (tertiary/aromatic N) is 1. The average molecular weight is 446 g/mol. The SMILES string of the molecule is CC(=O)c1cccc(N2C(=O)[C@@H]3[C@H](C2=O)[C@H]2C=C[C@H]3C2=C(c2ccccc2)c2ccccc2)c1. The molecule has 4 atom stereocenters. The van der Waals surface area contributed by atoms with E-state index in [4.69, 9.17) is 0 Å². The van der Waals surface area contributed by atoms with Crippen molar-refractivity contribution in [3.05, 3.63) is 119 Å². The molecule has 1 aliphatic heterocycles. The lowest BCUT2D eigenvalue weighted by molar-refractivity contribution is -0.122. The van der Waals surface area contributed by atoms with Gasteiger partial charge in [0.1, 0.15) is 0 Å². The van der Waals surface area contributed by atoms with Crippen molar-refractivity contribution < 1.29 is 14.4 Å². The molecule has 3 aromatic carbocycles. The summed E-state index contributed by atoms with van der Waals surface area (Å²) in [7, 11) is 0. The second kappa shape index (κ2) is 7.77. The van der Waals surface area contributed by atoms with Gasteiger partial charge in [-0.1, -0.05) is 84.9 Å². The Hall–Kier alpha value is -4.05. The van der Waals surface area contributed by atoms with E-state index in [9.17, 15) is 14.4 Å². The number of amides is 2. The highest BCUT2D eigenvalue weighted by Gasteiger charge is 2.62. The molecule has 0 spiro atoms. The monoisotopic (exact) mass is 445 g/mol. The van der Waals surface area contributed by atoms with Crippen molar-refractivity contribution in [1.82, 2.24) is 0 Å². The number of anilines is 1. The van der Waals surface area contributed by atoms with Gasteiger partial charge in [-0.15, -0.1) is 0 Å². The van der Waals surface area contributed by atoms with E-state index in [2.05, 4.69) is 36.4 Å². The van der Waals surface area contributed by atoms with Crippen LogP contribution < -0.4 is 4.90 Å². The van der Waals surface area contributed by atoms with Gasteiger partial charge in [-0.05, 0) is 41.3 Å². The molecule has 3 aliphatic rings. The van der Waals surface area contributed by atoms with Crippen LogP contribution in [0.2, 0.25) is 0 Å². The highest BCUT2D eigenvalue weighted by Crippen LogP contribution is 2.58. The molecule has 0 unspecified atom stereocenters. The van der Waals surface area contributed by atoms with Crippen LogP contribution in [0, 0.1) is 23.7 Å². The molecule has 6 rings (SSSR count). The van der Waals surface area contributed by atoms with Gasteiger partial charge in [0.05, 0.1) is 17.5 Å². The van der Waals surface area contributed by atoms with Crippen LogP contribution >= 0.6 is 0 Å². The first-order valence-electron chi connectivity index (χ1n) is 11.6. The van der Waals surface area contributed by atoms with E-state index in [-0.39, 0.29) is 29.4 Å². The maximum absolute atomic E-state index is 13.7. The quantitative estimate of drug-likeness (QED) is 0.311. The van der Waals surface area contributed by atoms with Crippen LogP contribution in [-0.2, 0) is 9.59 Å². The molecule has 34 heavy (non-hydrogen) atoms. The average Bonchev–Trinajstić information content (AvgIpc) is 3.50. The maximum Gasteiger partial charge on any atom is 0.238 e. The van der Waals surface area contributed by atoms with E-state index in [0.717, 1.165) is 22.3 Å². The molecule has 1 saturated carbocycles. The van der Waals surface area contributed by atoms with Crippen molar-refractivity contribution in [2.45, 2.75) is 6.92 Å². The largest absolute Gasteiger partial charge is 0.295 e. The molecule has 3 aromatic rings. The van der Waals surface area contributed by atoms with E-state index in [1.54, 1.807) is 24.3 Å². The van der Waals surface area contributed by atoms with Crippen molar-refractivity contribution in [3.8, 4) is 0 Å². The van der Waals surface area contributed by atoms with Crippen LogP contribution in [0.15, 0.2) is 103 Å². The number of Topliss-reactive ketones (excluding diaryl/α,β-unsaturated/α-hetero) is 1. The first-order valence-corrected chi connectivity index (χ1v) is 11.6. The molecule has 2 bridgehead atoms. The Balaban J connectivity index is 1.47. The Morgan fingerprint density at radius 2 is 1.18 bits per heavy atom. The fourth-order valence-electron chi connectivity index (χ4n) is 5.92. The van der Waals surface area contributed by atoms with Gasteiger partial charge in [-0.2, -0.15) is 0 Å². The summed E-state index contributed by atoms with van der Waals surface area (Å²) < 4.78 is 0. The number of hydrogen-bond acceptors (Lipinski definition) is 3. The van der Waals surface area contributed by atoms with E-state index in [1.165, 1.54) is 11.8 Å². The standard InChI is InChI=1S/C30H23NO3/c1-18(32)21-13-8-14-22(17-21)31-29(33)27-23-15-16-24(28(27)30(31)34)26(23)25(19-9-4-2-5-10-19)20-11-6-3-7-12-20/h2-17,23-24,27-28H,1H3/t23-,24-,27-,28+/m0/s1. The van der Waals surface area contributed by atoms with Gasteiger partial charge in [0.2, 0.25) is 11.8 Å². The zero-order chi connectivity index (χ0) is 23.4. The number of carbonyl (C=O) groups excluding carboxylic acids is 3. The summed E-state index contributed by atoms with van der Waals surface area (Å²) >= 11 is 0. The smallest absolute Gasteiger partial charge is 0.238 e. The Labute approximate surface area is 198 Å². The van der Waals surface area contributed by atoms with E-state index < -0.39 is 11.8 Å². The van der Waals surface area contributed by atoms with Crippen molar-refractivity contribution in [3.63, 3.8) is 0 Å². The Kier molecular flexibility index (Phi) is 4.70. The normalized spacial score (nSPS) is 24.6. The fraction of sp³-hybridized carbons (Fsp3) is 0.167. The maximum atomic E-state index is 13.7. The van der Waals surface area contributed by atoms with Crippen LogP contribution in [0.1, 0.15) is 28.4 Å². The van der Waals surface area contributed by atoms with Gasteiger partial charge < -0.3 is 0 Å².